The van der Waals surface area contributed by atoms with Crippen LogP contribution in [-0.4, -0.2) is 15.0 Å². The van der Waals surface area contributed by atoms with Crippen LogP contribution < -0.4 is 4.90 Å². The fraction of sp³-hybridized carbons (Fsp3) is 0.0392. The van der Waals surface area contributed by atoms with E-state index in [1.165, 1.54) is 48.3 Å². The quantitative estimate of drug-likeness (QED) is 0.175. The van der Waals surface area contributed by atoms with E-state index in [1.54, 1.807) is 0 Å². The van der Waals surface area contributed by atoms with Gasteiger partial charge in [-0.15, -0.1) is 11.3 Å². The Kier molecular flexibility index (Phi) is 7.16. The molecule has 0 N–H and O–H groups in total. The molecule has 1 unspecified atom stereocenters. The van der Waals surface area contributed by atoms with Gasteiger partial charge in [0.2, 0.25) is 0 Å². The number of benzene rings is 7. The van der Waals surface area contributed by atoms with Crippen LogP contribution in [0.3, 0.4) is 0 Å². The van der Waals surface area contributed by atoms with E-state index >= 15 is 0 Å². The lowest BCUT2D eigenvalue weighted by Crippen LogP contribution is -2.15. The molecule has 1 atom stereocenters. The maximum Gasteiger partial charge on any atom is 0.164 e. The lowest BCUT2D eigenvalue weighted by molar-refractivity contribution is 0.669. The standard InChI is InChI=1S/C51H32N4OS/c1-3-13-31(14-4-1)49-52-50(32-15-5-2-6-16-32)54-51(53-49)37-19-11-24-46-47(37)39-30-34(26-28-45(39)57-46)33-25-27-41-38(29-33)35-17-7-9-20-40(35)55(41)42-21-12-23-44-48(42)36-18-8-10-22-43(36)56-44/h1-28,30,38H,29H2. The zero-order chi connectivity index (χ0) is 37.5. The van der Waals surface area contributed by atoms with Crippen LogP contribution in [0.5, 0.6) is 0 Å². The maximum atomic E-state index is 6.33. The molecule has 12 rings (SSSR count). The first kappa shape index (κ1) is 32.1. The van der Waals surface area contributed by atoms with Crippen molar-refractivity contribution in [1.29, 1.82) is 0 Å². The van der Waals surface area contributed by atoms with E-state index in [2.05, 4.69) is 138 Å². The summed E-state index contributed by atoms with van der Waals surface area (Å²) in [6, 6.07) is 57.5. The molecule has 268 valence electrons. The highest BCUT2D eigenvalue weighted by molar-refractivity contribution is 7.25. The highest BCUT2D eigenvalue weighted by Crippen LogP contribution is 2.54. The number of allylic oxidation sites excluding steroid dienone is 4. The second kappa shape index (κ2) is 12.7. The van der Waals surface area contributed by atoms with Crippen molar-refractivity contribution in [2.24, 2.45) is 0 Å². The minimum atomic E-state index is 0.220. The van der Waals surface area contributed by atoms with Crippen molar-refractivity contribution in [2.75, 3.05) is 4.90 Å². The van der Waals surface area contributed by atoms with Crippen LogP contribution >= 0.6 is 11.3 Å². The van der Waals surface area contributed by atoms with E-state index in [-0.39, 0.29) is 5.92 Å². The molecule has 5 nitrogen and oxygen atoms in total. The highest BCUT2D eigenvalue weighted by Gasteiger charge is 2.37. The van der Waals surface area contributed by atoms with Gasteiger partial charge in [0.25, 0.3) is 0 Å². The Morgan fingerprint density at radius 2 is 1.19 bits per heavy atom. The predicted molar refractivity (Wildman–Crippen MR) is 235 cm³/mol. The smallest absolute Gasteiger partial charge is 0.164 e. The Labute approximate surface area is 332 Å². The number of rotatable bonds is 5. The van der Waals surface area contributed by atoms with Gasteiger partial charge < -0.3 is 9.32 Å². The second-order valence-corrected chi connectivity index (χ2v) is 15.8. The van der Waals surface area contributed by atoms with E-state index in [4.69, 9.17) is 19.4 Å². The molecule has 6 heteroatoms. The summed E-state index contributed by atoms with van der Waals surface area (Å²) >= 11 is 1.82. The lowest BCUT2D eigenvalue weighted by Gasteiger charge is -2.27. The van der Waals surface area contributed by atoms with Gasteiger partial charge in [0.1, 0.15) is 11.2 Å². The largest absolute Gasteiger partial charge is 0.456 e. The SMILES string of the molecule is C1=C(c2ccc3sc4cccc(-c5nc(-c6ccccc6)nc(-c6ccccc6)n5)c4c3c2)CC2C(=C1)N(c1cccc3oc4ccccc4c13)c1ccccc12. The zero-order valence-corrected chi connectivity index (χ0v) is 31.4. The van der Waals surface area contributed by atoms with Crippen LogP contribution in [-0.2, 0) is 0 Å². The van der Waals surface area contributed by atoms with Crippen LogP contribution in [0, 0.1) is 0 Å². The van der Waals surface area contributed by atoms with Gasteiger partial charge in [-0.1, -0.05) is 127 Å². The van der Waals surface area contributed by atoms with Crippen molar-refractivity contribution in [3.8, 4) is 34.2 Å². The number of hydrogen-bond acceptors (Lipinski definition) is 6. The molecule has 0 fully saturated rings. The number of thiophene rings is 1. The first-order valence-electron chi connectivity index (χ1n) is 19.3. The van der Waals surface area contributed by atoms with Gasteiger partial charge in [-0.3, -0.25) is 0 Å². The van der Waals surface area contributed by atoms with E-state index in [0.717, 1.165) is 50.7 Å². The number of hydrogen-bond donors (Lipinski definition) is 0. The van der Waals surface area contributed by atoms with Gasteiger partial charge in [-0.2, -0.15) is 0 Å². The number of para-hydroxylation sites is 2. The summed E-state index contributed by atoms with van der Waals surface area (Å²) in [5, 5.41) is 4.68. The van der Waals surface area contributed by atoms with E-state index in [1.807, 2.05) is 53.8 Å². The Morgan fingerprint density at radius 1 is 0.509 bits per heavy atom. The van der Waals surface area contributed by atoms with Crippen molar-refractivity contribution in [1.82, 2.24) is 15.0 Å². The maximum absolute atomic E-state index is 6.33. The zero-order valence-electron chi connectivity index (χ0n) is 30.6. The molecule has 4 heterocycles. The van der Waals surface area contributed by atoms with Crippen LogP contribution in [0.15, 0.2) is 186 Å². The fourth-order valence-electron chi connectivity index (χ4n) is 8.89. The summed E-state index contributed by atoms with van der Waals surface area (Å²) in [5.74, 6) is 2.22. The third kappa shape index (κ3) is 5.11. The molecule has 0 radical (unpaired) electrons. The predicted octanol–water partition coefficient (Wildman–Crippen LogP) is 13.7. The minimum absolute atomic E-state index is 0.220. The average Bonchev–Trinajstić information content (AvgIpc) is 3.96. The molecule has 10 aromatic rings. The number of furan rings is 1. The minimum Gasteiger partial charge on any atom is -0.456 e. The van der Waals surface area contributed by atoms with Gasteiger partial charge in [0.15, 0.2) is 17.5 Å². The summed E-state index contributed by atoms with van der Waals surface area (Å²) in [5.41, 5.74) is 12.3. The van der Waals surface area contributed by atoms with Crippen LogP contribution in [0.25, 0.3) is 81.8 Å². The number of fused-ring (bicyclic) bond motifs is 9. The Morgan fingerprint density at radius 3 is 2.02 bits per heavy atom. The molecule has 0 bridgehead atoms. The Balaban J connectivity index is 0.994. The molecule has 0 spiro atoms. The fourth-order valence-corrected chi connectivity index (χ4v) is 10.00. The van der Waals surface area contributed by atoms with Crippen LogP contribution in [0.4, 0.5) is 11.4 Å². The van der Waals surface area contributed by atoms with E-state index < -0.39 is 0 Å². The molecule has 3 aromatic heterocycles. The van der Waals surface area contributed by atoms with Crippen LogP contribution in [0.2, 0.25) is 0 Å². The van der Waals surface area contributed by atoms with Gasteiger partial charge >= 0.3 is 0 Å². The third-order valence-corrected chi connectivity index (χ3v) is 12.6. The third-order valence-electron chi connectivity index (χ3n) is 11.5. The van der Waals surface area contributed by atoms with E-state index in [9.17, 15) is 0 Å². The Bertz CT molecular complexity index is 3230. The molecule has 1 aliphatic carbocycles. The first-order valence-corrected chi connectivity index (χ1v) is 20.1. The summed E-state index contributed by atoms with van der Waals surface area (Å²) in [6.45, 7) is 0. The number of anilines is 2. The number of nitrogens with zero attached hydrogens (tertiary/aromatic N) is 4. The summed E-state index contributed by atoms with van der Waals surface area (Å²) < 4.78 is 8.79. The second-order valence-electron chi connectivity index (χ2n) is 14.7. The molecule has 7 aromatic carbocycles. The molecule has 57 heavy (non-hydrogen) atoms. The molecule has 1 aliphatic heterocycles. The van der Waals surface area contributed by atoms with Crippen molar-refractivity contribution < 1.29 is 4.42 Å². The Hall–Kier alpha value is -7.15. The monoisotopic (exact) mass is 748 g/mol. The van der Waals surface area contributed by atoms with E-state index in [0.29, 0.717) is 17.5 Å². The topological polar surface area (TPSA) is 55.1 Å². The van der Waals surface area contributed by atoms with Gasteiger partial charge in [0, 0.05) is 59.6 Å². The summed E-state index contributed by atoms with van der Waals surface area (Å²) in [4.78, 5) is 17.7. The van der Waals surface area contributed by atoms with Crippen LogP contribution in [0.1, 0.15) is 23.5 Å². The normalized spacial score (nSPS) is 14.9. The van der Waals surface area contributed by atoms with Crippen molar-refractivity contribution >= 4 is 70.4 Å². The van der Waals surface area contributed by atoms with Gasteiger partial charge in [-0.25, -0.2) is 15.0 Å². The van der Waals surface area contributed by atoms with Crippen molar-refractivity contribution in [2.45, 2.75) is 12.3 Å². The molecule has 0 amide bonds. The molecule has 2 aliphatic rings. The molecule has 0 saturated heterocycles. The number of aromatic nitrogens is 3. The highest BCUT2D eigenvalue weighted by atomic mass is 32.1. The van der Waals surface area contributed by atoms with Gasteiger partial charge in [-0.05, 0) is 71.7 Å². The lowest BCUT2D eigenvalue weighted by atomic mass is 9.84. The first-order chi connectivity index (χ1) is 28.2. The molecular weight excluding hydrogens is 717 g/mol. The summed E-state index contributed by atoms with van der Waals surface area (Å²) in [6.07, 6.45) is 5.57. The molecule has 0 saturated carbocycles. The molecular formula is C51H32N4OS. The average molecular weight is 749 g/mol. The van der Waals surface area contributed by atoms with Crippen molar-refractivity contribution in [3.05, 3.63) is 193 Å². The van der Waals surface area contributed by atoms with Crippen molar-refractivity contribution in [3.63, 3.8) is 0 Å². The summed E-state index contributed by atoms with van der Waals surface area (Å²) in [7, 11) is 0. The van der Waals surface area contributed by atoms with Gasteiger partial charge in [0.05, 0.1) is 11.1 Å².